The minimum atomic E-state index is -0.210. The lowest BCUT2D eigenvalue weighted by molar-refractivity contribution is 0.660. The van der Waals surface area contributed by atoms with Crippen LogP contribution in [0.1, 0.15) is 61.1 Å². The molecule has 0 aliphatic heterocycles. The highest BCUT2D eigenvalue weighted by atomic mass is 15.2. The van der Waals surface area contributed by atoms with Crippen LogP contribution in [0.5, 0.6) is 0 Å². The van der Waals surface area contributed by atoms with Gasteiger partial charge < -0.3 is 14.7 Å². The Hall–Kier alpha value is -13.9. The Balaban J connectivity index is 0.849. The fraction of sp³-hybridized carbons (Fsp3) is 0.0727. The molecule has 0 amide bonds. The van der Waals surface area contributed by atoms with Gasteiger partial charge in [-0.25, -0.2) is 0 Å². The molecule has 0 heterocycles. The largest absolute Gasteiger partial charge is 0.309 e. The van der Waals surface area contributed by atoms with E-state index in [9.17, 15) is 0 Å². The van der Waals surface area contributed by atoms with E-state index in [4.69, 9.17) is 0 Å². The molecule has 0 saturated heterocycles. The Bertz CT molecular complexity index is 6630. The average Bonchev–Trinajstić information content (AvgIpc) is 1.44. The van der Waals surface area contributed by atoms with E-state index >= 15 is 0 Å². The molecule has 3 nitrogen and oxygen atoms in total. The van der Waals surface area contributed by atoms with Gasteiger partial charge in [0.05, 0.1) is 17.1 Å². The third kappa shape index (κ3) is 10.6. The first-order valence-corrected chi connectivity index (χ1v) is 39.6. The van der Waals surface area contributed by atoms with Crippen LogP contribution in [0.4, 0.5) is 51.2 Å². The summed E-state index contributed by atoms with van der Waals surface area (Å²) in [4.78, 5) is 7.58. The molecular formula is C110H81N3. The van der Waals surface area contributed by atoms with E-state index < -0.39 is 0 Å². The Kier molecular flexibility index (Phi) is 15.7. The molecule has 2 aliphatic rings. The second-order valence-electron chi connectivity index (χ2n) is 31.9. The van der Waals surface area contributed by atoms with Gasteiger partial charge in [-0.1, -0.05) is 319 Å². The van der Waals surface area contributed by atoms with Crippen LogP contribution in [0.3, 0.4) is 0 Å². The third-order valence-electron chi connectivity index (χ3n) is 24.8. The molecule has 19 aromatic rings. The molecule has 0 saturated carbocycles. The van der Waals surface area contributed by atoms with E-state index in [2.05, 4.69) is 438 Å². The zero-order valence-electron chi connectivity index (χ0n) is 64.2. The monoisotopic (exact) mass is 1440 g/mol. The maximum absolute atomic E-state index is 2.54. The number of benzene rings is 19. The van der Waals surface area contributed by atoms with Crippen LogP contribution < -0.4 is 14.7 Å². The van der Waals surface area contributed by atoms with E-state index in [-0.39, 0.29) is 10.8 Å². The van der Waals surface area contributed by atoms with Crippen molar-refractivity contribution in [1.82, 2.24) is 0 Å². The summed E-state index contributed by atoms with van der Waals surface area (Å²) in [5.41, 5.74) is 32.0. The summed E-state index contributed by atoms with van der Waals surface area (Å²) < 4.78 is 0. The predicted octanol–water partition coefficient (Wildman–Crippen LogP) is 30.9. The second-order valence-corrected chi connectivity index (χ2v) is 31.9. The van der Waals surface area contributed by atoms with Crippen molar-refractivity contribution >= 4 is 116 Å². The van der Waals surface area contributed by atoms with Gasteiger partial charge in [0.15, 0.2) is 0 Å². The number of fused-ring (bicyclic) bond motifs is 12. The van der Waals surface area contributed by atoms with E-state index in [0.717, 1.165) is 133 Å². The number of hydrogen-bond donors (Lipinski definition) is 0. The molecule has 0 N–H and O–H groups in total. The smallest absolute Gasteiger partial charge is 0.0618 e. The highest BCUT2D eigenvalue weighted by Crippen LogP contribution is 2.58. The maximum Gasteiger partial charge on any atom is 0.0618 e. The summed E-state index contributed by atoms with van der Waals surface area (Å²) in [6.07, 6.45) is 0. The van der Waals surface area contributed by atoms with E-state index in [1.165, 1.54) is 83.5 Å². The molecule has 21 rings (SSSR count). The number of nitrogens with zero attached hydrogens (tertiary/aromatic N) is 3. The van der Waals surface area contributed by atoms with Gasteiger partial charge in [-0.3, -0.25) is 0 Å². The van der Waals surface area contributed by atoms with Crippen molar-refractivity contribution in [2.75, 3.05) is 14.7 Å². The van der Waals surface area contributed by atoms with Gasteiger partial charge >= 0.3 is 0 Å². The van der Waals surface area contributed by atoms with Crippen LogP contribution >= 0.6 is 0 Å². The molecule has 0 bridgehead atoms. The maximum atomic E-state index is 2.54. The molecule has 113 heavy (non-hydrogen) atoms. The Labute approximate surface area is 660 Å². The van der Waals surface area contributed by atoms with Crippen molar-refractivity contribution in [1.29, 1.82) is 0 Å². The van der Waals surface area contributed by atoms with Crippen molar-refractivity contribution in [3.63, 3.8) is 0 Å². The summed E-state index contributed by atoms with van der Waals surface area (Å²) >= 11 is 0. The number of rotatable bonds is 13. The van der Waals surface area contributed by atoms with Crippen LogP contribution in [0.2, 0.25) is 0 Å². The summed E-state index contributed by atoms with van der Waals surface area (Å²) in [6, 6.07) is 144. The minimum Gasteiger partial charge on any atom is -0.309 e. The third-order valence-corrected chi connectivity index (χ3v) is 24.8. The topological polar surface area (TPSA) is 9.72 Å². The first-order valence-electron chi connectivity index (χ1n) is 39.6. The van der Waals surface area contributed by atoms with E-state index in [0.29, 0.717) is 0 Å². The van der Waals surface area contributed by atoms with Crippen molar-refractivity contribution in [3.05, 3.63) is 416 Å². The lowest BCUT2D eigenvalue weighted by Gasteiger charge is -2.31. The van der Waals surface area contributed by atoms with E-state index in [1.54, 1.807) is 0 Å². The van der Waals surface area contributed by atoms with E-state index in [1.807, 2.05) is 0 Å². The molecular weight excluding hydrogens is 1360 g/mol. The van der Waals surface area contributed by atoms with Gasteiger partial charge in [-0.15, -0.1) is 0 Å². The van der Waals surface area contributed by atoms with Crippen LogP contribution in [0.25, 0.3) is 131 Å². The quantitative estimate of drug-likeness (QED) is 0.107. The van der Waals surface area contributed by atoms with Crippen molar-refractivity contribution in [3.8, 4) is 66.8 Å². The Morgan fingerprint density at radius 2 is 0.416 bits per heavy atom. The van der Waals surface area contributed by atoms with Gasteiger partial charge in [-0.05, 0) is 237 Å². The summed E-state index contributed by atoms with van der Waals surface area (Å²) in [5.74, 6) is 0. The average molecular weight is 1440 g/mol. The van der Waals surface area contributed by atoms with Gasteiger partial charge in [0, 0.05) is 77.3 Å². The predicted molar refractivity (Wildman–Crippen MR) is 482 cm³/mol. The normalized spacial score (nSPS) is 13.0. The molecule has 0 unspecified atom stereocenters. The van der Waals surface area contributed by atoms with Gasteiger partial charge in [0.1, 0.15) is 0 Å². The SMILES string of the molecule is Cc1ccccc1-c1ccc(N(c2ccccc2)c2c3ccccc3c(-c3cc(-c4c5ccccc5c(N(c5ccccc5)c5ccc6c(c5)C(C)(C)c5ccccc5-6)c5ccccc45)cc(-c4c5ccccc5c(N(c5ccccc5)c5ccc6c(c5)C(C)(C)c5ccccc5-6)c5ccccc45)c3)c3ccccc23)cc1C. The summed E-state index contributed by atoms with van der Waals surface area (Å²) in [5, 5.41) is 13.9. The first-order chi connectivity index (χ1) is 55.5. The van der Waals surface area contributed by atoms with Crippen LogP contribution in [-0.4, -0.2) is 0 Å². The number of anilines is 9. The van der Waals surface area contributed by atoms with Crippen LogP contribution in [0.15, 0.2) is 382 Å². The van der Waals surface area contributed by atoms with Crippen LogP contribution in [0, 0.1) is 13.8 Å². The van der Waals surface area contributed by atoms with Gasteiger partial charge in [-0.2, -0.15) is 0 Å². The van der Waals surface area contributed by atoms with Crippen molar-refractivity contribution in [2.45, 2.75) is 52.4 Å². The summed E-state index contributed by atoms with van der Waals surface area (Å²) in [6.45, 7) is 14.0. The number of para-hydroxylation sites is 3. The van der Waals surface area contributed by atoms with Crippen molar-refractivity contribution in [2.24, 2.45) is 0 Å². The molecule has 536 valence electrons. The highest BCUT2D eigenvalue weighted by molar-refractivity contribution is 6.27. The molecule has 0 aromatic heterocycles. The zero-order valence-corrected chi connectivity index (χ0v) is 64.2. The molecule has 3 heteroatoms. The Morgan fingerprint density at radius 3 is 0.726 bits per heavy atom. The second kappa shape index (κ2) is 26.4. The van der Waals surface area contributed by atoms with Crippen molar-refractivity contribution < 1.29 is 0 Å². The molecule has 2 aliphatic carbocycles. The molecule has 19 aromatic carbocycles. The first kappa shape index (κ1) is 67.3. The fourth-order valence-corrected chi connectivity index (χ4v) is 19.6. The minimum absolute atomic E-state index is 0.210. The fourth-order valence-electron chi connectivity index (χ4n) is 19.6. The molecule has 0 radical (unpaired) electrons. The Morgan fingerprint density at radius 1 is 0.177 bits per heavy atom. The van der Waals surface area contributed by atoms with Crippen LogP contribution in [-0.2, 0) is 10.8 Å². The zero-order chi connectivity index (χ0) is 75.8. The number of aryl methyl sites for hydroxylation is 2. The number of hydrogen-bond acceptors (Lipinski definition) is 3. The van der Waals surface area contributed by atoms with Gasteiger partial charge in [0.25, 0.3) is 0 Å². The standard InChI is InChI=1S/C110H81N3/c1-70-34-16-17-41-81(70)82-61-58-78(64-71(82)2)111(75-35-10-7-11-36-75)106-93-50-24-18-44-87(93)103(88-45-19-25-51-94(88)106)72-65-73(104-89-46-20-26-52-95(89)107(96-53-27-21-47-90(96)104)112(76-37-12-8-13-38-76)79-59-62-85-83-42-30-32-56-99(83)109(3,4)101(85)68-79)67-74(66-72)105-91-48-22-28-54-97(91)108(98-55-29-23-49-92(98)105)113(77-39-14-9-15-40-77)80-60-63-86-84-43-31-33-57-100(84)110(5,6)102(86)69-80/h7-69H,1-6H3. The lowest BCUT2D eigenvalue weighted by atomic mass is 9.82. The molecule has 0 spiro atoms. The summed E-state index contributed by atoms with van der Waals surface area (Å²) in [7, 11) is 0. The molecule has 0 atom stereocenters. The van der Waals surface area contributed by atoms with Gasteiger partial charge in [0.2, 0.25) is 0 Å². The molecule has 0 fully saturated rings. The lowest BCUT2D eigenvalue weighted by Crippen LogP contribution is -2.17. The highest BCUT2D eigenvalue weighted by Gasteiger charge is 2.39.